The van der Waals surface area contributed by atoms with Crippen LogP contribution in [0.2, 0.25) is 0 Å². The fourth-order valence-electron chi connectivity index (χ4n) is 2.36. The number of hydrogen-bond acceptors (Lipinski definition) is 1. The Morgan fingerprint density at radius 1 is 0.579 bits per heavy atom. The second-order valence-corrected chi connectivity index (χ2v) is 6.38. The van der Waals surface area contributed by atoms with E-state index >= 15 is 0 Å². The largest absolute Gasteiger partial charge is 0.375 e. The van der Waals surface area contributed by atoms with Gasteiger partial charge in [-0.25, -0.2) is 0 Å². The molecule has 0 aromatic carbocycles. The molecule has 0 saturated carbocycles. The molecule has 0 aliphatic carbocycles. The zero-order valence-corrected chi connectivity index (χ0v) is 14.4. The highest BCUT2D eigenvalue weighted by Crippen LogP contribution is 2.21. The number of hydrogen-bond donors (Lipinski definition) is 0. The van der Waals surface area contributed by atoms with Gasteiger partial charge in [-0.1, -0.05) is 54.4 Å². The second-order valence-electron chi connectivity index (χ2n) is 6.38. The molecule has 0 radical (unpaired) electrons. The number of ether oxygens (including phenoxy) is 1. The molecule has 1 heteroatoms. The summed E-state index contributed by atoms with van der Waals surface area (Å²) < 4.78 is 6.34. The average molecular weight is 271 g/mol. The molecule has 0 fully saturated rings. The quantitative estimate of drug-likeness (QED) is 0.409. The van der Waals surface area contributed by atoms with Crippen LogP contribution in [0.3, 0.4) is 0 Å². The van der Waals surface area contributed by atoms with Crippen LogP contribution in [0.15, 0.2) is 0 Å². The molecule has 0 saturated heterocycles. The van der Waals surface area contributed by atoms with E-state index in [0.29, 0.717) is 12.2 Å². The summed E-state index contributed by atoms with van der Waals surface area (Å²) in [6.07, 6.45) is 11.0. The maximum absolute atomic E-state index is 6.34. The Labute approximate surface area is 122 Å². The van der Waals surface area contributed by atoms with Crippen LogP contribution in [0.5, 0.6) is 0 Å². The minimum atomic E-state index is 0.482. The lowest BCUT2D eigenvalue weighted by Gasteiger charge is -2.25. The first-order chi connectivity index (χ1) is 9.07. The maximum atomic E-state index is 6.34. The Morgan fingerprint density at radius 2 is 0.947 bits per heavy atom. The van der Waals surface area contributed by atoms with Crippen molar-refractivity contribution in [1.29, 1.82) is 0 Å². The van der Waals surface area contributed by atoms with Crippen molar-refractivity contribution in [3.05, 3.63) is 0 Å². The maximum Gasteiger partial charge on any atom is 0.0576 e. The van der Waals surface area contributed by atoms with E-state index in [1.165, 1.54) is 38.5 Å². The molecule has 0 rings (SSSR count). The zero-order valence-electron chi connectivity index (χ0n) is 14.4. The molecule has 0 N–H and O–H groups in total. The van der Waals surface area contributed by atoms with Crippen LogP contribution < -0.4 is 0 Å². The summed E-state index contributed by atoms with van der Waals surface area (Å²) in [4.78, 5) is 0. The van der Waals surface area contributed by atoms with Gasteiger partial charge >= 0.3 is 0 Å². The summed E-state index contributed by atoms with van der Waals surface area (Å²) in [6.45, 7) is 13.8. The molecule has 116 valence electrons. The van der Waals surface area contributed by atoms with Crippen LogP contribution in [0.4, 0.5) is 0 Å². The van der Waals surface area contributed by atoms with Gasteiger partial charge in [0.2, 0.25) is 0 Å². The standard InChI is InChI=1S/C18H38O/c1-7-15(5)11-13-17(9-3)19-18(10-4)14-12-16(6)8-2/h15-18H,7-14H2,1-6H3. The van der Waals surface area contributed by atoms with Crippen LogP contribution in [-0.2, 0) is 4.74 Å². The summed E-state index contributed by atoms with van der Waals surface area (Å²) in [5, 5.41) is 0. The molecule has 0 aromatic rings. The normalized spacial score (nSPS) is 18.0. The van der Waals surface area contributed by atoms with Crippen molar-refractivity contribution in [1.82, 2.24) is 0 Å². The van der Waals surface area contributed by atoms with Gasteiger partial charge in [0.25, 0.3) is 0 Å². The highest BCUT2D eigenvalue weighted by molar-refractivity contribution is 4.65. The predicted octanol–water partition coefficient (Wildman–Crippen LogP) is 6.21. The van der Waals surface area contributed by atoms with E-state index < -0.39 is 0 Å². The minimum absolute atomic E-state index is 0.482. The topological polar surface area (TPSA) is 9.23 Å². The summed E-state index contributed by atoms with van der Waals surface area (Å²) in [6, 6.07) is 0. The lowest BCUT2D eigenvalue weighted by molar-refractivity contribution is -0.0284. The van der Waals surface area contributed by atoms with Gasteiger partial charge in [0.15, 0.2) is 0 Å². The predicted molar refractivity (Wildman–Crippen MR) is 86.6 cm³/mol. The zero-order chi connectivity index (χ0) is 14.7. The van der Waals surface area contributed by atoms with E-state index in [1.54, 1.807) is 0 Å². The Bertz CT molecular complexity index is 170. The lowest BCUT2D eigenvalue weighted by atomic mass is 9.98. The van der Waals surface area contributed by atoms with Crippen molar-refractivity contribution in [3.63, 3.8) is 0 Å². The molecule has 0 bridgehead atoms. The van der Waals surface area contributed by atoms with E-state index in [1.807, 2.05) is 0 Å². The van der Waals surface area contributed by atoms with Gasteiger partial charge in [-0.05, 0) is 50.4 Å². The SMILES string of the molecule is CCC(C)CCC(CC)OC(CC)CCC(C)CC. The van der Waals surface area contributed by atoms with Crippen LogP contribution >= 0.6 is 0 Å². The van der Waals surface area contributed by atoms with Gasteiger partial charge in [-0.15, -0.1) is 0 Å². The van der Waals surface area contributed by atoms with E-state index in [9.17, 15) is 0 Å². The third-order valence-corrected chi connectivity index (χ3v) is 4.65. The van der Waals surface area contributed by atoms with Crippen molar-refractivity contribution in [2.45, 2.75) is 105 Å². The highest BCUT2D eigenvalue weighted by Gasteiger charge is 2.15. The Hall–Kier alpha value is -0.0400. The average Bonchev–Trinajstić information content (AvgIpc) is 2.45. The smallest absolute Gasteiger partial charge is 0.0576 e. The molecule has 19 heavy (non-hydrogen) atoms. The van der Waals surface area contributed by atoms with Crippen molar-refractivity contribution in [3.8, 4) is 0 Å². The first kappa shape index (κ1) is 19.0. The molecule has 1 nitrogen and oxygen atoms in total. The fraction of sp³-hybridized carbons (Fsp3) is 1.00. The van der Waals surface area contributed by atoms with Crippen molar-refractivity contribution < 1.29 is 4.74 Å². The molecule has 4 atom stereocenters. The van der Waals surface area contributed by atoms with E-state index in [-0.39, 0.29) is 0 Å². The third-order valence-electron chi connectivity index (χ3n) is 4.65. The summed E-state index contributed by atoms with van der Waals surface area (Å²) >= 11 is 0. The summed E-state index contributed by atoms with van der Waals surface area (Å²) in [5.74, 6) is 1.69. The number of rotatable bonds is 12. The summed E-state index contributed by atoms with van der Waals surface area (Å²) in [7, 11) is 0. The van der Waals surface area contributed by atoms with Gasteiger partial charge < -0.3 is 4.74 Å². The monoisotopic (exact) mass is 270 g/mol. The van der Waals surface area contributed by atoms with Crippen molar-refractivity contribution in [2.75, 3.05) is 0 Å². The molecule has 0 spiro atoms. The summed E-state index contributed by atoms with van der Waals surface area (Å²) in [5.41, 5.74) is 0. The second kappa shape index (κ2) is 11.8. The molecular weight excluding hydrogens is 232 g/mol. The van der Waals surface area contributed by atoms with Crippen molar-refractivity contribution in [2.24, 2.45) is 11.8 Å². The first-order valence-electron chi connectivity index (χ1n) is 8.72. The third kappa shape index (κ3) is 9.49. The van der Waals surface area contributed by atoms with E-state index in [4.69, 9.17) is 4.74 Å². The van der Waals surface area contributed by atoms with Crippen LogP contribution in [0, 0.1) is 11.8 Å². The van der Waals surface area contributed by atoms with Gasteiger partial charge in [0.05, 0.1) is 12.2 Å². The van der Waals surface area contributed by atoms with Crippen LogP contribution in [-0.4, -0.2) is 12.2 Å². The Kier molecular flexibility index (Phi) is 11.7. The van der Waals surface area contributed by atoms with Crippen LogP contribution in [0.25, 0.3) is 0 Å². The van der Waals surface area contributed by atoms with Gasteiger partial charge in [-0.2, -0.15) is 0 Å². The highest BCUT2D eigenvalue weighted by atomic mass is 16.5. The Balaban J connectivity index is 4.02. The van der Waals surface area contributed by atoms with Gasteiger partial charge in [0.1, 0.15) is 0 Å². The molecule has 0 aromatic heterocycles. The van der Waals surface area contributed by atoms with Gasteiger partial charge in [0, 0.05) is 0 Å². The molecule has 0 heterocycles. The minimum Gasteiger partial charge on any atom is -0.375 e. The molecular formula is C18H38O. The fourth-order valence-corrected chi connectivity index (χ4v) is 2.36. The van der Waals surface area contributed by atoms with Crippen LogP contribution in [0.1, 0.15) is 92.9 Å². The molecule has 0 amide bonds. The lowest BCUT2D eigenvalue weighted by Crippen LogP contribution is -2.22. The van der Waals surface area contributed by atoms with Gasteiger partial charge in [-0.3, -0.25) is 0 Å². The first-order valence-corrected chi connectivity index (χ1v) is 8.72. The van der Waals surface area contributed by atoms with E-state index in [0.717, 1.165) is 24.7 Å². The molecule has 0 aliphatic rings. The molecule has 4 unspecified atom stereocenters. The van der Waals surface area contributed by atoms with E-state index in [2.05, 4.69) is 41.5 Å². The van der Waals surface area contributed by atoms with Crippen molar-refractivity contribution >= 4 is 0 Å². The molecule has 0 aliphatic heterocycles. The Morgan fingerprint density at radius 3 is 1.21 bits per heavy atom.